The van der Waals surface area contributed by atoms with Crippen molar-refractivity contribution in [2.75, 3.05) is 19.2 Å². The Hall–Kier alpha value is -4.11. The second kappa shape index (κ2) is 10.2. The molecule has 1 fully saturated rings. The highest BCUT2D eigenvalue weighted by atomic mass is 32.1. The standard InChI is InChI=1S/C27H25N3O5S/c1-33-21-10-8-20(9-11-21)28-25(31)14-22-26(32)30(15-18-5-3-2-4-6-18)27(36)29(22)16-19-7-12-23-24(13-19)35-17-34-23/h2-13,22H,14-17H2,1H3,(H,28,31)/t22-/m1/s1. The van der Waals surface area contributed by atoms with Crippen LogP contribution in [-0.4, -0.2) is 46.7 Å². The molecule has 9 heteroatoms. The summed E-state index contributed by atoms with van der Waals surface area (Å²) in [6, 6.07) is 21.6. The topological polar surface area (TPSA) is 80.3 Å². The van der Waals surface area contributed by atoms with E-state index in [-0.39, 0.29) is 25.0 Å². The number of hydrogen-bond acceptors (Lipinski definition) is 6. The Kier molecular flexibility index (Phi) is 6.73. The number of anilines is 1. The van der Waals surface area contributed by atoms with Gasteiger partial charge in [0.05, 0.1) is 20.1 Å². The van der Waals surface area contributed by atoms with Gasteiger partial charge >= 0.3 is 0 Å². The van der Waals surface area contributed by atoms with Gasteiger partial charge < -0.3 is 24.4 Å². The summed E-state index contributed by atoms with van der Waals surface area (Å²) in [6.45, 7) is 0.873. The van der Waals surface area contributed by atoms with E-state index in [0.29, 0.717) is 41.1 Å². The number of nitrogens with one attached hydrogen (secondary N) is 1. The molecule has 0 bridgehead atoms. The summed E-state index contributed by atoms with van der Waals surface area (Å²) >= 11 is 5.75. The normalized spacial score (nSPS) is 16.4. The minimum absolute atomic E-state index is 0.0408. The van der Waals surface area contributed by atoms with Crippen molar-refractivity contribution in [3.8, 4) is 17.2 Å². The third-order valence-electron chi connectivity index (χ3n) is 6.13. The Labute approximate surface area is 214 Å². The average Bonchev–Trinajstić information content (AvgIpc) is 3.44. The molecule has 184 valence electrons. The highest BCUT2D eigenvalue weighted by Crippen LogP contribution is 2.34. The van der Waals surface area contributed by atoms with Gasteiger partial charge in [0.15, 0.2) is 16.6 Å². The van der Waals surface area contributed by atoms with Gasteiger partial charge in [0.2, 0.25) is 12.7 Å². The summed E-state index contributed by atoms with van der Waals surface area (Å²) in [5.74, 6) is 1.54. The van der Waals surface area contributed by atoms with Crippen LogP contribution in [0.1, 0.15) is 17.5 Å². The third kappa shape index (κ3) is 4.96. The van der Waals surface area contributed by atoms with Crippen molar-refractivity contribution >= 4 is 34.8 Å². The molecule has 2 amide bonds. The number of rotatable bonds is 8. The van der Waals surface area contributed by atoms with E-state index < -0.39 is 6.04 Å². The van der Waals surface area contributed by atoms with Crippen molar-refractivity contribution in [2.24, 2.45) is 0 Å². The second-order valence-electron chi connectivity index (χ2n) is 8.50. The molecule has 0 aliphatic carbocycles. The molecule has 0 unspecified atom stereocenters. The third-order valence-corrected chi connectivity index (χ3v) is 6.58. The van der Waals surface area contributed by atoms with Gasteiger partial charge in [-0.2, -0.15) is 0 Å². The molecule has 2 aliphatic heterocycles. The number of ether oxygens (including phenoxy) is 3. The van der Waals surface area contributed by atoms with E-state index in [1.54, 1.807) is 36.3 Å². The molecule has 2 aliphatic rings. The highest BCUT2D eigenvalue weighted by molar-refractivity contribution is 7.80. The van der Waals surface area contributed by atoms with Crippen molar-refractivity contribution in [1.82, 2.24) is 9.80 Å². The van der Waals surface area contributed by atoms with Gasteiger partial charge in [-0.05, 0) is 59.7 Å². The molecular formula is C27H25N3O5S. The van der Waals surface area contributed by atoms with E-state index in [0.717, 1.165) is 11.1 Å². The summed E-state index contributed by atoms with van der Waals surface area (Å²) in [5, 5.41) is 3.26. The largest absolute Gasteiger partial charge is 0.497 e. The molecule has 5 rings (SSSR count). The number of amides is 2. The van der Waals surface area contributed by atoms with E-state index >= 15 is 0 Å². The molecule has 0 saturated carbocycles. The fourth-order valence-electron chi connectivity index (χ4n) is 4.28. The van der Waals surface area contributed by atoms with Crippen LogP contribution in [0.25, 0.3) is 0 Å². The van der Waals surface area contributed by atoms with Gasteiger partial charge in [-0.1, -0.05) is 36.4 Å². The van der Waals surface area contributed by atoms with Gasteiger partial charge in [0, 0.05) is 12.2 Å². The molecular weight excluding hydrogens is 478 g/mol. The van der Waals surface area contributed by atoms with Gasteiger partial charge in [0.1, 0.15) is 11.8 Å². The average molecular weight is 504 g/mol. The zero-order chi connectivity index (χ0) is 25.1. The van der Waals surface area contributed by atoms with E-state index in [9.17, 15) is 9.59 Å². The second-order valence-corrected chi connectivity index (χ2v) is 8.87. The van der Waals surface area contributed by atoms with Crippen molar-refractivity contribution in [2.45, 2.75) is 25.6 Å². The smallest absolute Gasteiger partial charge is 0.252 e. The van der Waals surface area contributed by atoms with Crippen LogP contribution in [0.15, 0.2) is 72.8 Å². The van der Waals surface area contributed by atoms with Crippen LogP contribution < -0.4 is 19.5 Å². The molecule has 3 aromatic carbocycles. The Bertz CT molecular complexity index is 1280. The number of hydrogen-bond donors (Lipinski definition) is 1. The summed E-state index contributed by atoms with van der Waals surface area (Å²) in [7, 11) is 1.58. The maximum atomic E-state index is 13.5. The highest BCUT2D eigenvalue weighted by Gasteiger charge is 2.43. The molecule has 0 radical (unpaired) electrons. The maximum absolute atomic E-state index is 13.5. The molecule has 0 spiro atoms. The summed E-state index contributed by atoms with van der Waals surface area (Å²) in [5.41, 5.74) is 2.48. The van der Waals surface area contributed by atoms with Gasteiger partial charge in [-0.25, -0.2) is 0 Å². The Morgan fingerprint density at radius 1 is 1.00 bits per heavy atom. The van der Waals surface area contributed by atoms with Crippen LogP contribution in [0.2, 0.25) is 0 Å². The number of fused-ring (bicyclic) bond motifs is 1. The van der Waals surface area contributed by atoms with Crippen LogP contribution >= 0.6 is 12.2 Å². The van der Waals surface area contributed by atoms with Crippen LogP contribution in [-0.2, 0) is 22.7 Å². The summed E-state index contributed by atoms with van der Waals surface area (Å²) < 4.78 is 16.1. The number of methoxy groups -OCH3 is 1. The lowest BCUT2D eigenvalue weighted by atomic mass is 10.1. The zero-order valence-corrected chi connectivity index (χ0v) is 20.5. The molecule has 1 N–H and O–H groups in total. The first-order chi connectivity index (χ1) is 17.5. The van der Waals surface area contributed by atoms with Crippen LogP contribution in [0.5, 0.6) is 17.2 Å². The van der Waals surface area contributed by atoms with Gasteiger partial charge in [-0.3, -0.25) is 14.5 Å². The molecule has 2 heterocycles. The van der Waals surface area contributed by atoms with Gasteiger partial charge in [-0.15, -0.1) is 0 Å². The van der Waals surface area contributed by atoms with Crippen molar-refractivity contribution < 1.29 is 23.8 Å². The van der Waals surface area contributed by atoms with Crippen LogP contribution in [0, 0.1) is 0 Å². The van der Waals surface area contributed by atoms with E-state index in [4.69, 9.17) is 26.4 Å². The lowest BCUT2D eigenvalue weighted by Crippen LogP contribution is -2.37. The summed E-state index contributed by atoms with van der Waals surface area (Å²) in [6.07, 6.45) is -0.0408. The Morgan fingerprint density at radius 2 is 1.75 bits per heavy atom. The first-order valence-electron chi connectivity index (χ1n) is 11.5. The first-order valence-corrected chi connectivity index (χ1v) is 11.9. The van der Waals surface area contributed by atoms with Crippen LogP contribution in [0.4, 0.5) is 5.69 Å². The van der Waals surface area contributed by atoms with E-state index in [1.165, 1.54) is 0 Å². The minimum Gasteiger partial charge on any atom is -0.497 e. The minimum atomic E-state index is -0.732. The molecule has 0 aromatic heterocycles. The quantitative estimate of drug-likeness (QED) is 0.466. The number of thiocarbonyl (C=S) groups is 1. The zero-order valence-electron chi connectivity index (χ0n) is 19.7. The number of carbonyl (C=O) groups is 2. The Morgan fingerprint density at radius 3 is 2.50 bits per heavy atom. The predicted molar refractivity (Wildman–Crippen MR) is 138 cm³/mol. The molecule has 36 heavy (non-hydrogen) atoms. The molecule has 3 aromatic rings. The number of benzene rings is 3. The first kappa shape index (κ1) is 23.6. The molecule has 8 nitrogen and oxygen atoms in total. The monoisotopic (exact) mass is 503 g/mol. The number of nitrogens with zero attached hydrogens (tertiary/aromatic N) is 2. The SMILES string of the molecule is COc1ccc(NC(=O)C[C@@H]2C(=O)N(Cc3ccccc3)C(=S)N2Cc2ccc3c(c2)OCO3)cc1. The van der Waals surface area contributed by atoms with Crippen molar-refractivity contribution in [3.63, 3.8) is 0 Å². The lowest BCUT2D eigenvalue weighted by molar-refractivity contribution is -0.131. The van der Waals surface area contributed by atoms with Crippen molar-refractivity contribution in [3.05, 3.63) is 83.9 Å². The summed E-state index contributed by atoms with van der Waals surface area (Å²) in [4.78, 5) is 29.9. The molecule has 1 saturated heterocycles. The predicted octanol–water partition coefficient (Wildman–Crippen LogP) is 3.95. The van der Waals surface area contributed by atoms with E-state index in [1.807, 2.05) is 53.4 Å². The molecule has 1 atom stereocenters. The fourth-order valence-corrected chi connectivity index (χ4v) is 4.63. The fraction of sp³-hybridized carbons (Fsp3) is 0.222. The van der Waals surface area contributed by atoms with Gasteiger partial charge in [0.25, 0.3) is 5.91 Å². The van der Waals surface area contributed by atoms with Crippen LogP contribution in [0.3, 0.4) is 0 Å². The van der Waals surface area contributed by atoms with Crippen molar-refractivity contribution in [1.29, 1.82) is 0 Å². The lowest BCUT2D eigenvalue weighted by Gasteiger charge is -2.24. The maximum Gasteiger partial charge on any atom is 0.252 e. The number of carbonyl (C=O) groups excluding carboxylic acids is 2. The Balaban J connectivity index is 1.36. The van der Waals surface area contributed by atoms with E-state index in [2.05, 4.69) is 5.32 Å².